The highest BCUT2D eigenvalue weighted by molar-refractivity contribution is 6.07. The van der Waals surface area contributed by atoms with E-state index in [4.69, 9.17) is 9.47 Å². The standard InChI is InChI=1S/C12H13FO5/c1-16-10-6-11(17-2)8(13)4-7(10)9(14)5-12(15)18-3/h4,6H,5H2,1-3H3. The lowest BCUT2D eigenvalue weighted by Gasteiger charge is -2.10. The molecule has 0 radical (unpaired) electrons. The lowest BCUT2D eigenvalue weighted by atomic mass is 10.1. The third-order valence-corrected chi connectivity index (χ3v) is 2.31. The predicted molar refractivity (Wildman–Crippen MR) is 60.5 cm³/mol. The lowest BCUT2D eigenvalue weighted by molar-refractivity contribution is -0.139. The van der Waals surface area contributed by atoms with Crippen molar-refractivity contribution >= 4 is 11.8 Å². The zero-order chi connectivity index (χ0) is 13.7. The number of ketones is 1. The summed E-state index contributed by atoms with van der Waals surface area (Å²) in [5.74, 6) is -1.88. The third kappa shape index (κ3) is 2.97. The van der Waals surface area contributed by atoms with Crippen LogP contribution in [-0.4, -0.2) is 33.1 Å². The SMILES string of the molecule is COC(=O)CC(=O)c1cc(F)c(OC)cc1OC. The minimum Gasteiger partial charge on any atom is -0.496 e. The summed E-state index contributed by atoms with van der Waals surface area (Å²) in [6.45, 7) is 0. The van der Waals surface area contributed by atoms with E-state index in [1.807, 2.05) is 0 Å². The van der Waals surface area contributed by atoms with Gasteiger partial charge in [0.05, 0.1) is 26.9 Å². The molecule has 18 heavy (non-hydrogen) atoms. The fourth-order valence-corrected chi connectivity index (χ4v) is 1.38. The lowest BCUT2D eigenvalue weighted by Crippen LogP contribution is -2.11. The van der Waals surface area contributed by atoms with Crippen molar-refractivity contribution in [1.82, 2.24) is 0 Å². The van der Waals surface area contributed by atoms with Gasteiger partial charge in [0.2, 0.25) is 0 Å². The van der Waals surface area contributed by atoms with Crippen molar-refractivity contribution in [2.75, 3.05) is 21.3 Å². The Labute approximate surface area is 103 Å². The van der Waals surface area contributed by atoms with Gasteiger partial charge in [-0.05, 0) is 6.07 Å². The van der Waals surface area contributed by atoms with Crippen LogP contribution in [-0.2, 0) is 9.53 Å². The van der Waals surface area contributed by atoms with Crippen LogP contribution in [0.2, 0.25) is 0 Å². The molecule has 0 atom stereocenters. The maximum atomic E-state index is 13.5. The van der Waals surface area contributed by atoms with Crippen LogP contribution in [0.5, 0.6) is 11.5 Å². The minimum atomic E-state index is -0.702. The average molecular weight is 256 g/mol. The number of Topliss-reactive ketones (excluding diaryl/α,β-unsaturated/α-hetero) is 1. The van der Waals surface area contributed by atoms with E-state index < -0.39 is 24.0 Å². The molecule has 0 saturated heterocycles. The molecule has 0 fully saturated rings. The predicted octanol–water partition coefficient (Wildman–Crippen LogP) is 1.59. The van der Waals surface area contributed by atoms with E-state index in [1.54, 1.807) is 0 Å². The number of methoxy groups -OCH3 is 3. The van der Waals surface area contributed by atoms with Gasteiger partial charge in [0, 0.05) is 6.07 Å². The molecule has 0 amide bonds. The van der Waals surface area contributed by atoms with E-state index in [9.17, 15) is 14.0 Å². The van der Waals surface area contributed by atoms with Crippen LogP contribution in [0, 0.1) is 5.82 Å². The van der Waals surface area contributed by atoms with Gasteiger partial charge >= 0.3 is 5.97 Å². The van der Waals surface area contributed by atoms with Gasteiger partial charge in [0.1, 0.15) is 12.2 Å². The van der Waals surface area contributed by atoms with Gasteiger partial charge in [-0.15, -0.1) is 0 Å². The van der Waals surface area contributed by atoms with E-state index >= 15 is 0 Å². The first-order valence-corrected chi connectivity index (χ1v) is 5.05. The van der Waals surface area contributed by atoms with Gasteiger partial charge in [-0.3, -0.25) is 9.59 Å². The maximum Gasteiger partial charge on any atom is 0.313 e. The molecule has 0 aliphatic rings. The van der Waals surface area contributed by atoms with Crippen molar-refractivity contribution in [3.05, 3.63) is 23.5 Å². The van der Waals surface area contributed by atoms with Gasteiger partial charge < -0.3 is 14.2 Å². The van der Waals surface area contributed by atoms with Gasteiger partial charge in [-0.1, -0.05) is 0 Å². The Hall–Kier alpha value is -2.11. The van der Waals surface area contributed by atoms with Crippen molar-refractivity contribution in [3.63, 3.8) is 0 Å². The third-order valence-electron chi connectivity index (χ3n) is 2.31. The van der Waals surface area contributed by atoms with Crippen molar-refractivity contribution in [2.45, 2.75) is 6.42 Å². The normalized spacial score (nSPS) is 9.78. The second-order valence-corrected chi connectivity index (χ2v) is 3.36. The van der Waals surface area contributed by atoms with Crippen LogP contribution in [0.4, 0.5) is 4.39 Å². The molecule has 6 heteroatoms. The van der Waals surface area contributed by atoms with Gasteiger partial charge in [0.15, 0.2) is 17.3 Å². The zero-order valence-corrected chi connectivity index (χ0v) is 10.3. The second-order valence-electron chi connectivity index (χ2n) is 3.36. The van der Waals surface area contributed by atoms with E-state index in [0.29, 0.717) is 0 Å². The molecule has 1 aromatic rings. The molecule has 0 N–H and O–H groups in total. The molecular formula is C12H13FO5. The van der Waals surface area contributed by atoms with Gasteiger partial charge in [-0.25, -0.2) is 4.39 Å². The smallest absolute Gasteiger partial charge is 0.313 e. The highest BCUT2D eigenvalue weighted by atomic mass is 19.1. The van der Waals surface area contributed by atoms with Crippen LogP contribution in [0.25, 0.3) is 0 Å². The molecule has 0 spiro atoms. The molecule has 0 heterocycles. The number of esters is 1. The molecule has 5 nitrogen and oxygen atoms in total. The molecule has 98 valence electrons. The molecule has 0 aliphatic carbocycles. The molecule has 0 aromatic heterocycles. The average Bonchev–Trinajstić information content (AvgIpc) is 2.38. The Morgan fingerprint density at radius 3 is 2.22 bits per heavy atom. The quantitative estimate of drug-likeness (QED) is 0.455. The number of rotatable bonds is 5. The molecular weight excluding hydrogens is 243 g/mol. The fraction of sp³-hybridized carbons (Fsp3) is 0.333. The molecule has 0 unspecified atom stereocenters. The van der Waals surface area contributed by atoms with Gasteiger partial charge in [0.25, 0.3) is 0 Å². The van der Waals surface area contributed by atoms with Crippen molar-refractivity contribution in [2.24, 2.45) is 0 Å². The minimum absolute atomic E-state index is 0.0267. The highest BCUT2D eigenvalue weighted by Crippen LogP contribution is 2.28. The van der Waals surface area contributed by atoms with Crippen molar-refractivity contribution < 1.29 is 28.2 Å². The Balaban J connectivity index is 3.11. The van der Waals surface area contributed by atoms with E-state index in [-0.39, 0.29) is 17.1 Å². The van der Waals surface area contributed by atoms with E-state index in [0.717, 1.165) is 6.07 Å². The zero-order valence-electron chi connectivity index (χ0n) is 10.3. The maximum absolute atomic E-state index is 13.5. The van der Waals surface area contributed by atoms with E-state index in [2.05, 4.69) is 4.74 Å². The van der Waals surface area contributed by atoms with Crippen LogP contribution in [0.1, 0.15) is 16.8 Å². The number of carbonyl (C=O) groups is 2. The number of halogens is 1. The Kier molecular flexibility index (Phi) is 4.65. The number of hydrogen-bond donors (Lipinski definition) is 0. The molecule has 0 aliphatic heterocycles. The first-order valence-electron chi connectivity index (χ1n) is 5.05. The summed E-state index contributed by atoms with van der Waals surface area (Å²) in [5.41, 5.74) is -0.0267. The Morgan fingerprint density at radius 2 is 1.72 bits per heavy atom. The summed E-state index contributed by atoms with van der Waals surface area (Å²) in [7, 11) is 3.80. The van der Waals surface area contributed by atoms with Gasteiger partial charge in [-0.2, -0.15) is 0 Å². The molecule has 0 saturated carbocycles. The summed E-state index contributed by atoms with van der Waals surface area (Å²) < 4.78 is 27.6. The number of hydrogen-bond acceptors (Lipinski definition) is 5. The van der Waals surface area contributed by atoms with Crippen molar-refractivity contribution in [3.8, 4) is 11.5 Å². The highest BCUT2D eigenvalue weighted by Gasteiger charge is 2.19. The summed E-state index contributed by atoms with van der Waals surface area (Å²) in [5, 5.41) is 0. The Bertz CT molecular complexity index is 470. The van der Waals surface area contributed by atoms with E-state index in [1.165, 1.54) is 27.4 Å². The number of benzene rings is 1. The molecule has 1 aromatic carbocycles. The second kappa shape index (κ2) is 6.00. The number of carbonyl (C=O) groups excluding carboxylic acids is 2. The summed E-state index contributed by atoms with van der Waals surface area (Å²) >= 11 is 0. The summed E-state index contributed by atoms with van der Waals surface area (Å²) in [4.78, 5) is 22.8. The summed E-state index contributed by atoms with van der Waals surface area (Å²) in [6, 6.07) is 2.22. The number of ether oxygens (including phenoxy) is 3. The van der Waals surface area contributed by atoms with Crippen LogP contribution in [0.15, 0.2) is 12.1 Å². The fourth-order valence-electron chi connectivity index (χ4n) is 1.38. The Morgan fingerprint density at radius 1 is 1.11 bits per heavy atom. The topological polar surface area (TPSA) is 61.8 Å². The first kappa shape index (κ1) is 14.0. The molecule has 1 rings (SSSR count). The molecule has 0 bridgehead atoms. The first-order chi connectivity index (χ1) is 8.53. The largest absolute Gasteiger partial charge is 0.496 e. The monoisotopic (exact) mass is 256 g/mol. The van der Waals surface area contributed by atoms with Crippen LogP contribution < -0.4 is 9.47 Å². The van der Waals surface area contributed by atoms with Crippen LogP contribution in [0.3, 0.4) is 0 Å². The summed E-state index contributed by atoms with van der Waals surface area (Å²) in [6.07, 6.45) is -0.474. The van der Waals surface area contributed by atoms with Crippen LogP contribution >= 0.6 is 0 Å². The van der Waals surface area contributed by atoms with Crippen molar-refractivity contribution in [1.29, 1.82) is 0 Å².